The summed E-state index contributed by atoms with van der Waals surface area (Å²) in [4.78, 5) is 19.3. The largest absolute Gasteiger partial charge is 0.369 e. The number of hydrogen-bond donors (Lipinski definition) is 2. The van der Waals surface area contributed by atoms with Crippen molar-refractivity contribution in [3.63, 3.8) is 0 Å². The fourth-order valence-electron chi connectivity index (χ4n) is 2.63. The highest BCUT2D eigenvalue weighted by Gasteiger charge is 2.04. The number of aromatic nitrogens is 2. The van der Waals surface area contributed by atoms with E-state index in [0.717, 1.165) is 25.1 Å². The van der Waals surface area contributed by atoms with Crippen LogP contribution in [-0.2, 0) is 11.2 Å². The highest BCUT2D eigenvalue weighted by molar-refractivity contribution is 5.89. The number of carbonyl (C=O) groups is 1. The summed E-state index contributed by atoms with van der Waals surface area (Å²) in [5.74, 6) is 0.264. The van der Waals surface area contributed by atoms with Gasteiger partial charge >= 0.3 is 0 Å². The first-order valence-electron chi connectivity index (χ1n) is 8.12. The van der Waals surface area contributed by atoms with Crippen molar-refractivity contribution in [2.45, 2.75) is 19.8 Å². The molecule has 6 heteroatoms. The van der Waals surface area contributed by atoms with Crippen molar-refractivity contribution in [3.05, 3.63) is 60.2 Å². The van der Waals surface area contributed by atoms with Gasteiger partial charge in [0, 0.05) is 24.5 Å². The van der Waals surface area contributed by atoms with Crippen LogP contribution in [-0.4, -0.2) is 22.4 Å². The Bertz CT molecular complexity index is 880. The number of rotatable bonds is 6. The van der Waals surface area contributed by atoms with Crippen molar-refractivity contribution >= 4 is 28.3 Å². The molecule has 1 aromatic heterocycles. The lowest BCUT2D eigenvalue weighted by atomic mass is 10.1. The highest BCUT2D eigenvalue weighted by atomic mass is 19.1. The molecular formula is C19H19FN4O. The Morgan fingerprint density at radius 3 is 2.68 bits per heavy atom. The Balaban J connectivity index is 1.55. The van der Waals surface area contributed by atoms with Gasteiger partial charge < -0.3 is 10.6 Å². The zero-order chi connectivity index (χ0) is 17.6. The van der Waals surface area contributed by atoms with Crippen molar-refractivity contribution < 1.29 is 9.18 Å². The van der Waals surface area contributed by atoms with E-state index < -0.39 is 0 Å². The maximum Gasteiger partial charge on any atom is 0.221 e. The van der Waals surface area contributed by atoms with Gasteiger partial charge in [-0.1, -0.05) is 12.1 Å². The summed E-state index contributed by atoms with van der Waals surface area (Å²) in [5.41, 5.74) is 2.70. The molecule has 0 unspecified atom stereocenters. The molecule has 25 heavy (non-hydrogen) atoms. The molecular weight excluding hydrogens is 319 g/mol. The summed E-state index contributed by atoms with van der Waals surface area (Å²) in [5, 5.41) is 6.68. The van der Waals surface area contributed by atoms with Crippen molar-refractivity contribution in [1.29, 1.82) is 0 Å². The molecule has 0 aliphatic rings. The Morgan fingerprint density at radius 2 is 1.92 bits per heavy atom. The van der Waals surface area contributed by atoms with Gasteiger partial charge in [-0.25, -0.2) is 14.4 Å². The van der Waals surface area contributed by atoms with E-state index in [4.69, 9.17) is 0 Å². The van der Waals surface area contributed by atoms with Crippen molar-refractivity contribution in [3.8, 4) is 0 Å². The summed E-state index contributed by atoms with van der Waals surface area (Å²) in [7, 11) is 0. The summed E-state index contributed by atoms with van der Waals surface area (Å²) in [6, 6.07) is 12.3. The molecule has 0 aliphatic carbocycles. The number of hydrogen-bond acceptors (Lipinski definition) is 4. The van der Waals surface area contributed by atoms with Crippen molar-refractivity contribution in [2.75, 3.05) is 17.2 Å². The predicted octanol–water partition coefficient (Wildman–Crippen LogP) is 3.77. The molecule has 0 radical (unpaired) electrons. The van der Waals surface area contributed by atoms with Crippen LogP contribution < -0.4 is 10.6 Å². The number of aryl methyl sites for hydroxylation is 1. The fourth-order valence-corrected chi connectivity index (χ4v) is 2.63. The third kappa shape index (κ3) is 4.50. The standard InChI is InChI=1S/C19H19FN4O/c1-13(25)24-16-7-4-14(5-8-16)3-2-10-21-19-17-11-15(20)6-9-18(17)22-12-23-19/h4-9,11-12H,2-3,10H2,1H3,(H,24,25)(H,21,22,23). The molecule has 0 saturated heterocycles. The van der Waals surface area contributed by atoms with E-state index >= 15 is 0 Å². The van der Waals surface area contributed by atoms with Gasteiger partial charge in [0.2, 0.25) is 5.91 Å². The first-order valence-corrected chi connectivity index (χ1v) is 8.12. The summed E-state index contributed by atoms with van der Waals surface area (Å²) in [6.45, 7) is 2.21. The second-order valence-electron chi connectivity index (χ2n) is 5.79. The molecule has 0 aliphatic heterocycles. The van der Waals surface area contributed by atoms with Crippen LogP contribution in [0.25, 0.3) is 10.9 Å². The maximum atomic E-state index is 13.4. The van der Waals surface area contributed by atoms with Crippen LogP contribution in [0.4, 0.5) is 15.9 Å². The van der Waals surface area contributed by atoms with Gasteiger partial charge in [-0.05, 0) is 48.7 Å². The average Bonchev–Trinajstić information content (AvgIpc) is 2.60. The van der Waals surface area contributed by atoms with Gasteiger partial charge in [-0.2, -0.15) is 0 Å². The van der Waals surface area contributed by atoms with Gasteiger partial charge in [0.25, 0.3) is 0 Å². The van der Waals surface area contributed by atoms with E-state index in [0.29, 0.717) is 16.7 Å². The molecule has 0 atom stereocenters. The summed E-state index contributed by atoms with van der Waals surface area (Å²) < 4.78 is 13.4. The lowest BCUT2D eigenvalue weighted by Gasteiger charge is -2.09. The van der Waals surface area contributed by atoms with Crippen LogP contribution in [0.1, 0.15) is 18.9 Å². The molecule has 1 heterocycles. The van der Waals surface area contributed by atoms with E-state index in [-0.39, 0.29) is 11.7 Å². The molecule has 0 bridgehead atoms. The predicted molar refractivity (Wildman–Crippen MR) is 97.1 cm³/mol. The Labute approximate surface area is 145 Å². The molecule has 0 saturated carbocycles. The topological polar surface area (TPSA) is 66.9 Å². The molecule has 128 valence electrons. The number of anilines is 2. The monoisotopic (exact) mass is 338 g/mol. The second kappa shape index (κ2) is 7.70. The minimum Gasteiger partial charge on any atom is -0.369 e. The molecule has 0 fully saturated rings. The number of amides is 1. The number of fused-ring (bicyclic) bond motifs is 1. The van der Waals surface area contributed by atoms with Gasteiger partial charge in [-0.3, -0.25) is 4.79 Å². The SMILES string of the molecule is CC(=O)Nc1ccc(CCCNc2ncnc3ccc(F)cc23)cc1. The lowest BCUT2D eigenvalue weighted by molar-refractivity contribution is -0.114. The normalized spacial score (nSPS) is 10.6. The van der Waals surface area contributed by atoms with Crippen LogP contribution >= 0.6 is 0 Å². The van der Waals surface area contributed by atoms with Gasteiger partial charge in [0.15, 0.2) is 0 Å². The lowest BCUT2D eigenvalue weighted by Crippen LogP contribution is -2.06. The Morgan fingerprint density at radius 1 is 1.12 bits per heavy atom. The smallest absolute Gasteiger partial charge is 0.221 e. The van der Waals surface area contributed by atoms with Crippen LogP contribution in [0.2, 0.25) is 0 Å². The third-order valence-corrected chi connectivity index (χ3v) is 3.81. The van der Waals surface area contributed by atoms with Crippen LogP contribution in [0.3, 0.4) is 0 Å². The van der Waals surface area contributed by atoms with E-state index in [9.17, 15) is 9.18 Å². The first-order chi connectivity index (χ1) is 12.1. The van der Waals surface area contributed by atoms with E-state index in [1.54, 1.807) is 6.07 Å². The van der Waals surface area contributed by atoms with Gasteiger partial charge in [-0.15, -0.1) is 0 Å². The minimum absolute atomic E-state index is 0.0783. The molecule has 2 N–H and O–H groups in total. The second-order valence-corrected chi connectivity index (χ2v) is 5.79. The highest BCUT2D eigenvalue weighted by Crippen LogP contribution is 2.20. The van der Waals surface area contributed by atoms with Crippen molar-refractivity contribution in [2.24, 2.45) is 0 Å². The van der Waals surface area contributed by atoms with E-state index in [1.807, 2.05) is 24.3 Å². The fraction of sp³-hybridized carbons (Fsp3) is 0.211. The Hall–Kier alpha value is -3.02. The van der Waals surface area contributed by atoms with E-state index in [2.05, 4.69) is 20.6 Å². The van der Waals surface area contributed by atoms with Gasteiger partial charge in [0.1, 0.15) is 18.0 Å². The Kier molecular flexibility index (Phi) is 5.18. The zero-order valence-corrected chi connectivity index (χ0v) is 13.9. The quantitative estimate of drug-likeness (QED) is 0.671. The maximum absolute atomic E-state index is 13.4. The molecule has 5 nitrogen and oxygen atoms in total. The van der Waals surface area contributed by atoms with Crippen molar-refractivity contribution in [1.82, 2.24) is 9.97 Å². The molecule has 0 spiro atoms. The molecule has 1 amide bonds. The van der Waals surface area contributed by atoms with E-state index in [1.165, 1.54) is 30.9 Å². The van der Waals surface area contributed by atoms with Crippen LogP contribution in [0.15, 0.2) is 48.8 Å². The summed E-state index contributed by atoms with van der Waals surface area (Å²) >= 11 is 0. The number of nitrogens with one attached hydrogen (secondary N) is 2. The first kappa shape index (κ1) is 16.8. The van der Waals surface area contributed by atoms with Crippen LogP contribution in [0.5, 0.6) is 0 Å². The average molecular weight is 338 g/mol. The molecule has 3 aromatic rings. The molecule has 2 aromatic carbocycles. The third-order valence-electron chi connectivity index (χ3n) is 3.81. The zero-order valence-electron chi connectivity index (χ0n) is 13.9. The summed E-state index contributed by atoms with van der Waals surface area (Å²) in [6.07, 6.45) is 3.27. The molecule has 3 rings (SSSR count). The minimum atomic E-state index is -0.301. The number of benzene rings is 2. The number of carbonyl (C=O) groups excluding carboxylic acids is 1. The number of nitrogens with zero attached hydrogens (tertiary/aromatic N) is 2. The van der Waals surface area contributed by atoms with Gasteiger partial charge in [0.05, 0.1) is 5.52 Å². The van der Waals surface area contributed by atoms with Crippen LogP contribution in [0, 0.1) is 5.82 Å². The number of halogens is 1.